The summed E-state index contributed by atoms with van der Waals surface area (Å²) in [5.41, 5.74) is 4.12. The van der Waals surface area contributed by atoms with Crippen LogP contribution in [0.25, 0.3) is 0 Å². The first-order chi connectivity index (χ1) is 4.18. The Hall–Kier alpha value is -0.770. The van der Waals surface area contributed by atoms with Crippen LogP contribution in [-0.2, 0) is 4.74 Å². The third-order valence-corrected chi connectivity index (χ3v) is 1.41. The maximum atomic E-state index is 10.1. The van der Waals surface area contributed by atoms with Crippen LogP contribution in [0, 0.1) is 0 Å². The molecular weight excluding hydrogens is 122 g/mol. The summed E-state index contributed by atoms with van der Waals surface area (Å²) < 4.78 is 4.59. The second-order valence-corrected chi connectivity index (χ2v) is 2.26. The van der Waals surface area contributed by atoms with Crippen LogP contribution in [0.2, 0.25) is 0 Å². The average molecular weight is 131 g/mol. The Morgan fingerprint density at radius 2 is 2.33 bits per heavy atom. The second kappa shape index (κ2) is 1.88. The van der Waals surface area contributed by atoms with E-state index in [2.05, 4.69) is 4.74 Å². The number of nitrogens with two attached hydrogens (primary N) is 1. The Balaban J connectivity index is 2.33. The van der Waals surface area contributed by atoms with Crippen LogP contribution in [0.3, 0.4) is 0 Å². The van der Waals surface area contributed by atoms with E-state index in [0.717, 1.165) is 12.8 Å². The predicted octanol–water partition coefficient (Wildman–Crippen LogP) is -0.393. The molecule has 1 aliphatic carbocycles. The molecule has 52 valence electrons. The Bertz CT molecular complexity index is 130. The molecule has 0 saturated heterocycles. The molecule has 0 atom stereocenters. The standard InChI is InChI=1S/C5H9NO3/c6-4(8)9-5(3-7)1-2-5/h7H,1-3H2,(H2,6,8). The van der Waals surface area contributed by atoms with Crippen LogP contribution in [-0.4, -0.2) is 23.4 Å². The van der Waals surface area contributed by atoms with E-state index >= 15 is 0 Å². The normalized spacial score (nSPS) is 21.0. The van der Waals surface area contributed by atoms with Crippen LogP contribution in [0.4, 0.5) is 4.79 Å². The van der Waals surface area contributed by atoms with Gasteiger partial charge in [-0.1, -0.05) is 0 Å². The third kappa shape index (κ3) is 1.32. The van der Waals surface area contributed by atoms with E-state index in [0.29, 0.717) is 0 Å². The smallest absolute Gasteiger partial charge is 0.405 e. The Labute approximate surface area is 52.6 Å². The number of carbonyl (C=O) groups is 1. The van der Waals surface area contributed by atoms with Crippen molar-refractivity contribution in [1.82, 2.24) is 0 Å². The maximum Gasteiger partial charge on any atom is 0.405 e. The van der Waals surface area contributed by atoms with Crippen molar-refractivity contribution in [2.75, 3.05) is 6.61 Å². The first-order valence-electron chi connectivity index (χ1n) is 2.78. The number of primary amides is 1. The fourth-order valence-electron chi connectivity index (χ4n) is 0.645. The molecule has 3 N–H and O–H groups in total. The van der Waals surface area contributed by atoms with Crippen molar-refractivity contribution < 1.29 is 14.6 Å². The van der Waals surface area contributed by atoms with Gasteiger partial charge in [0.1, 0.15) is 5.60 Å². The van der Waals surface area contributed by atoms with E-state index in [4.69, 9.17) is 10.8 Å². The van der Waals surface area contributed by atoms with E-state index in [9.17, 15) is 4.79 Å². The molecule has 4 heteroatoms. The molecule has 0 radical (unpaired) electrons. The molecule has 0 aromatic carbocycles. The zero-order valence-corrected chi connectivity index (χ0v) is 4.96. The van der Waals surface area contributed by atoms with Gasteiger partial charge in [-0.25, -0.2) is 4.79 Å². The number of hydrogen-bond donors (Lipinski definition) is 2. The molecule has 0 aromatic heterocycles. The summed E-state index contributed by atoms with van der Waals surface area (Å²) >= 11 is 0. The van der Waals surface area contributed by atoms with Crippen LogP contribution in [0.1, 0.15) is 12.8 Å². The highest BCUT2D eigenvalue weighted by atomic mass is 16.6. The highest BCUT2D eigenvalue weighted by molar-refractivity contribution is 5.65. The number of rotatable bonds is 2. The van der Waals surface area contributed by atoms with Crippen molar-refractivity contribution in [2.45, 2.75) is 18.4 Å². The molecule has 0 aliphatic heterocycles. The fourth-order valence-corrected chi connectivity index (χ4v) is 0.645. The van der Waals surface area contributed by atoms with Crippen LogP contribution in [0.15, 0.2) is 0 Å². The summed E-state index contributed by atoms with van der Waals surface area (Å²) in [6, 6.07) is 0. The van der Waals surface area contributed by atoms with Crippen molar-refractivity contribution in [3.05, 3.63) is 0 Å². The van der Waals surface area contributed by atoms with Gasteiger partial charge >= 0.3 is 6.09 Å². The van der Waals surface area contributed by atoms with Gasteiger partial charge in [-0.2, -0.15) is 0 Å². The summed E-state index contributed by atoms with van der Waals surface area (Å²) in [7, 11) is 0. The lowest BCUT2D eigenvalue weighted by Crippen LogP contribution is -2.26. The molecule has 4 nitrogen and oxygen atoms in total. The minimum atomic E-state index is -0.804. The fraction of sp³-hybridized carbons (Fsp3) is 0.800. The summed E-state index contributed by atoms with van der Waals surface area (Å²) in [5.74, 6) is 0. The van der Waals surface area contributed by atoms with E-state index < -0.39 is 11.7 Å². The average Bonchev–Trinajstić information content (AvgIpc) is 2.48. The van der Waals surface area contributed by atoms with E-state index in [-0.39, 0.29) is 6.61 Å². The maximum absolute atomic E-state index is 10.1. The lowest BCUT2D eigenvalue weighted by atomic mass is 10.4. The number of aliphatic hydroxyl groups excluding tert-OH is 1. The van der Waals surface area contributed by atoms with Gasteiger partial charge in [0.2, 0.25) is 0 Å². The molecule has 0 unspecified atom stereocenters. The lowest BCUT2D eigenvalue weighted by molar-refractivity contribution is 0.0464. The number of aliphatic hydroxyl groups is 1. The molecule has 1 saturated carbocycles. The van der Waals surface area contributed by atoms with Crippen molar-refractivity contribution in [2.24, 2.45) is 5.73 Å². The van der Waals surface area contributed by atoms with Crippen LogP contribution in [0.5, 0.6) is 0 Å². The van der Waals surface area contributed by atoms with E-state index in [1.165, 1.54) is 0 Å². The summed E-state index contributed by atoms with van der Waals surface area (Å²) in [6.07, 6.45) is 0.653. The molecule has 1 fully saturated rings. The first-order valence-corrected chi connectivity index (χ1v) is 2.78. The zero-order valence-electron chi connectivity index (χ0n) is 4.96. The summed E-state index contributed by atoms with van der Waals surface area (Å²) in [4.78, 5) is 10.1. The topological polar surface area (TPSA) is 72.6 Å². The largest absolute Gasteiger partial charge is 0.441 e. The molecule has 0 spiro atoms. The monoisotopic (exact) mass is 131 g/mol. The quantitative estimate of drug-likeness (QED) is 0.536. The van der Waals surface area contributed by atoms with Crippen molar-refractivity contribution in [1.29, 1.82) is 0 Å². The molecule has 1 rings (SSSR count). The third-order valence-electron chi connectivity index (χ3n) is 1.41. The molecule has 1 aliphatic rings. The number of hydrogen-bond acceptors (Lipinski definition) is 3. The highest BCUT2D eigenvalue weighted by Crippen LogP contribution is 2.38. The Morgan fingerprint density at radius 1 is 1.78 bits per heavy atom. The molecule has 9 heavy (non-hydrogen) atoms. The van der Waals surface area contributed by atoms with Gasteiger partial charge in [-0.05, 0) is 12.8 Å². The Morgan fingerprint density at radius 3 is 2.44 bits per heavy atom. The summed E-state index contributed by atoms with van der Waals surface area (Å²) in [6.45, 7) is -0.115. The minimum absolute atomic E-state index is 0.115. The molecule has 0 bridgehead atoms. The van der Waals surface area contributed by atoms with E-state index in [1.54, 1.807) is 0 Å². The van der Waals surface area contributed by atoms with E-state index in [1.807, 2.05) is 0 Å². The molecule has 1 amide bonds. The Kier molecular flexibility index (Phi) is 1.32. The first kappa shape index (κ1) is 6.35. The van der Waals surface area contributed by atoms with Gasteiger partial charge in [0, 0.05) is 0 Å². The van der Waals surface area contributed by atoms with Crippen LogP contribution >= 0.6 is 0 Å². The zero-order chi connectivity index (χ0) is 6.91. The van der Waals surface area contributed by atoms with Crippen molar-refractivity contribution in [3.63, 3.8) is 0 Å². The van der Waals surface area contributed by atoms with Crippen LogP contribution < -0.4 is 5.73 Å². The van der Waals surface area contributed by atoms with Crippen molar-refractivity contribution in [3.8, 4) is 0 Å². The van der Waals surface area contributed by atoms with Gasteiger partial charge in [0.25, 0.3) is 0 Å². The number of ether oxygens (including phenoxy) is 1. The molecule has 0 aromatic rings. The summed E-state index contributed by atoms with van der Waals surface area (Å²) in [5, 5.41) is 8.57. The van der Waals surface area contributed by atoms with Gasteiger partial charge in [0.15, 0.2) is 0 Å². The van der Waals surface area contributed by atoms with Gasteiger partial charge in [-0.15, -0.1) is 0 Å². The van der Waals surface area contributed by atoms with Crippen molar-refractivity contribution >= 4 is 6.09 Å². The van der Waals surface area contributed by atoms with Gasteiger partial charge in [0.05, 0.1) is 6.61 Å². The predicted molar refractivity (Wildman–Crippen MR) is 29.7 cm³/mol. The minimum Gasteiger partial charge on any atom is -0.441 e. The highest BCUT2D eigenvalue weighted by Gasteiger charge is 2.46. The second-order valence-electron chi connectivity index (χ2n) is 2.26. The lowest BCUT2D eigenvalue weighted by Gasteiger charge is -2.09. The van der Waals surface area contributed by atoms with Gasteiger partial charge < -0.3 is 15.6 Å². The SMILES string of the molecule is NC(=O)OC1(CO)CC1. The molecular formula is C5H9NO3. The molecule has 0 heterocycles. The number of carbonyl (C=O) groups excluding carboxylic acids is 1. The van der Waals surface area contributed by atoms with Gasteiger partial charge in [-0.3, -0.25) is 0 Å². The number of amides is 1.